The van der Waals surface area contributed by atoms with Crippen LogP contribution in [0.25, 0.3) is 0 Å². The van der Waals surface area contributed by atoms with Crippen molar-refractivity contribution in [3.05, 3.63) is 59.5 Å². The SMILES string of the molecule is CCN(C)Cc1cccc(CNC(=O)C2CC(=O)N(Cc3ccco3)C2)c1. The molecule has 0 aliphatic carbocycles. The number of benzene rings is 1. The lowest BCUT2D eigenvalue weighted by Gasteiger charge is -2.16. The molecule has 1 aromatic heterocycles. The standard InChI is InChI=1S/C21H27N3O3/c1-3-23(2)13-17-7-4-6-16(10-17)12-22-21(26)18-11-20(25)24(14-18)15-19-8-5-9-27-19/h4-10,18H,3,11-15H2,1-2H3,(H,22,26). The van der Waals surface area contributed by atoms with Gasteiger partial charge in [0.15, 0.2) is 0 Å². The van der Waals surface area contributed by atoms with Crippen LogP contribution in [0.2, 0.25) is 0 Å². The molecule has 6 heteroatoms. The maximum atomic E-state index is 12.5. The fourth-order valence-electron chi connectivity index (χ4n) is 3.29. The Morgan fingerprint density at radius 3 is 2.85 bits per heavy atom. The summed E-state index contributed by atoms with van der Waals surface area (Å²) in [6.45, 7) is 5.34. The predicted octanol–water partition coefficient (Wildman–Crippen LogP) is 2.40. The largest absolute Gasteiger partial charge is 0.467 e. The summed E-state index contributed by atoms with van der Waals surface area (Å²) < 4.78 is 5.29. The minimum Gasteiger partial charge on any atom is -0.467 e. The molecule has 0 bridgehead atoms. The van der Waals surface area contributed by atoms with Crippen LogP contribution in [-0.4, -0.2) is 41.8 Å². The highest BCUT2D eigenvalue weighted by atomic mass is 16.3. The third-order valence-electron chi connectivity index (χ3n) is 4.96. The molecule has 1 fully saturated rings. The zero-order valence-corrected chi connectivity index (χ0v) is 16.0. The van der Waals surface area contributed by atoms with Crippen LogP contribution in [0, 0.1) is 5.92 Å². The van der Waals surface area contributed by atoms with E-state index >= 15 is 0 Å². The summed E-state index contributed by atoms with van der Waals surface area (Å²) in [5, 5.41) is 2.98. The van der Waals surface area contributed by atoms with Crippen LogP contribution in [0.3, 0.4) is 0 Å². The van der Waals surface area contributed by atoms with Crippen LogP contribution in [0.5, 0.6) is 0 Å². The smallest absolute Gasteiger partial charge is 0.225 e. The van der Waals surface area contributed by atoms with E-state index in [1.807, 2.05) is 18.2 Å². The number of rotatable bonds is 8. The number of hydrogen-bond donors (Lipinski definition) is 1. The monoisotopic (exact) mass is 369 g/mol. The molecule has 2 heterocycles. The first-order valence-electron chi connectivity index (χ1n) is 9.39. The van der Waals surface area contributed by atoms with Gasteiger partial charge in [0.05, 0.1) is 18.7 Å². The van der Waals surface area contributed by atoms with E-state index in [0.717, 1.165) is 24.4 Å². The lowest BCUT2D eigenvalue weighted by atomic mass is 10.1. The first-order chi connectivity index (χ1) is 13.0. The number of furan rings is 1. The first kappa shape index (κ1) is 19.2. The number of carbonyl (C=O) groups is 2. The molecule has 0 saturated carbocycles. The van der Waals surface area contributed by atoms with Crippen LogP contribution in [0.4, 0.5) is 0 Å². The maximum Gasteiger partial charge on any atom is 0.225 e. The normalized spacial score (nSPS) is 16.9. The van der Waals surface area contributed by atoms with E-state index in [4.69, 9.17) is 4.42 Å². The minimum absolute atomic E-state index is 0.00356. The Kier molecular flexibility index (Phi) is 6.29. The Hall–Kier alpha value is -2.60. The summed E-state index contributed by atoms with van der Waals surface area (Å²) in [6.07, 6.45) is 1.85. The molecule has 1 atom stereocenters. The van der Waals surface area contributed by atoms with Crippen molar-refractivity contribution in [3.8, 4) is 0 Å². The second-order valence-electron chi connectivity index (χ2n) is 7.12. The van der Waals surface area contributed by atoms with Crippen molar-refractivity contribution >= 4 is 11.8 Å². The zero-order valence-electron chi connectivity index (χ0n) is 16.0. The second kappa shape index (κ2) is 8.86. The second-order valence-corrected chi connectivity index (χ2v) is 7.12. The van der Waals surface area contributed by atoms with Crippen molar-refractivity contribution in [3.63, 3.8) is 0 Å². The van der Waals surface area contributed by atoms with Crippen molar-refractivity contribution in [2.75, 3.05) is 20.1 Å². The molecular weight excluding hydrogens is 342 g/mol. The summed E-state index contributed by atoms with van der Waals surface area (Å²) >= 11 is 0. The van der Waals surface area contributed by atoms with Gasteiger partial charge in [-0.1, -0.05) is 31.2 Å². The molecule has 6 nitrogen and oxygen atoms in total. The molecule has 27 heavy (non-hydrogen) atoms. The summed E-state index contributed by atoms with van der Waals surface area (Å²) in [5.74, 6) is 0.359. The van der Waals surface area contributed by atoms with Crippen LogP contribution in [-0.2, 0) is 29.2 Å². The Labute approximate surface area is 160 Å². The first-order valence-corrected chi connectivity index (χ1v) is 9.39. The lowest BCUT2D eigenvalue weighted by molar-refractivity contribution is -0.129. The van der Waals surface area contributed by atoms with Crippen molar-refractivity contribution in [2.45, 2.75) is 33.0 Å². The summed E-state index contributed by atoms with van der Waals surface area (Å²) in [4.78, 5) is 28.6. The molecule has 144 valence electrons. The number of hydrogen-bond acceptors (Lipinski definition) is 4. The van der Waals surface area contributed by atoms with Crippen LogP contribution < -0.4 is 5.32 Å². The van der Waals surface area contributed by atoms with Crippen molar-refractivity contribution < 1.29 is 14.0 Å². The predicted molar refractivity (Wildman–Crippen MR) is 103 cm³/mol. The molecule has 1 N–H and O–H groups in total. The third-order valence-corrected chi connectivity index (χ3v) is 4.96. The lowest BCUT2D eigenvalue weighted by Crippen LogP contribution is -2.32. The fraction of sp³-hybridized carbons (Fsp3) is 0.429. The Balaban J connectivity index is 1.51. The van der Waals surface area contributed by atoms with Gasteiger partial charge in [0.2, 0.25) is 11.8 Å². The average Bonchev–Trinajstić information content (AvgIpc) is 3.30. The number of likely N-dealkylation sites (tertiary alicyclic amines) is 1. The molecule has 3 rings (SSSR count). The van der Waals surface area contributed by atoms with Gasteiger partial charge < -0.3 is 19.5 Å². The topological polar surface area (TPSA) is 65.8 Å². The van der Waals surface area contributed by atoms with Crippen molar-refractivity contribution in [1.82, 2.24) is 15.1 Å². The van der Waals surface area contributed by atoms with E-state index in [2.05, 4.69) is 36.3 Å². The quantitative estimate of drug-likeness (QED) is 0.776. The van der Waals surface area contributed by atoms with Crippen LogP contribution in [0.1, 0.15) is 30.2 Å². The van der Waals surface area contributed by atoms with Crippen molar-refractivity contribution in [1.29, 1.82) is 0 Å². The van der Waals surface area contributed by atoms with E-state index in [9.17, 15) is 9.59 Å². The van der Waals surface area contributed by atoms with Gasteiger partial charge in [-0.15, -0.1) is 0 Å². The minimum atomic E-state index is -0.304. The van der Waals surface area contributed by atoms with Crippen LogP contribution >= 0.6 is 0 Å². The molecule has 2 aromatic rings. The maximum absolute atomic E-state index is 12.5. The van der Waals surface area contributed by atoms with Gasteiger partial charge in [-0.25, -0.2) is 0 Å². The molecule has 0 radical (unpaired) electrons. The highest BCUT2D eigenvalue weighted by Gasteiger charge is 2.34. The summed E-state index contributed by atoms with van der Waals surface area (Å²) in [7, 11) is 2.08. The van der Waals surface area contributed by atoms with Gasteiger partial charge in [0.1, 0.15) is 5.76 Å². The highest BCUT2D eigenvalue weighted by Crippen LogP contribution is 2.20. The molecule has 1 saturated heterocycles. The fourth-order valence-corrected chi connectivity index (χ4v) is 3.29. The van der Waals surface area contributed by atoms with E-state index in [1.54, 1.807) is 17.2 Å². The van der Waals surface area contributed by atoms with E-state index in [-0.39, 0.29) is 24.2 Å². The van der Waals surface area contributed by atoms with Gasteiger partial charge in [-0.2, -0.15) is 0 Å². The number of nitrogens with zero attached hydrogens (tertiary/aromatic N) is 2. The van der Waals surface area contributed by atoms with E-state index in [0.29, 0.717) is 19.6 Å². The zero-order chi connectivity index (χ0) is 19.2. The summed E-state index contributed by atoms with van der Waals surface area (Å²) in [6, 6.07) is 11.9. The molecular formula is C21H27N3O3. The van der Waals surface area contributed by atoms with Gasteiger partial charge in [0.25, 0.3) is 0 Å². The Morgan fingerprint density at radius 1 is 1.30 bits per heavy atom. The molecule has 2 amide bonds. The van der Waals surface area contributed by atoms with E-state index in [1.165, 1.54) is 5.56 Å². The van der Waals surface area contributed by atoms with Gasteiger partial charge >= 0.3 is 0 Å². The number of carbonyl (C=O) groups excluding carboxylic acids is 2. The van der Waals surface area contributed by atoms with Crippen LogP contribution in [0.15, 0.2) is 47.1 Å². The molecule has 1 aliphatic heterocycles. The number of amides is 2. The van der Waals surface area contributed by atoms with Gasteiger partial charge in [-0.3, -0.25) is 9.59 Å². The Bertz CT molecular complexity index is 773. The van der Waals surface area contributed by atoms with Crippen molar-refractivity contribution in [2.24, 2.45) is 5.92 Å². The number of nitrogens with one attached hydrogen (secondary N) is 1. The Morgan fingerprint density at radius 2 is 2.11 bits per heavy atom. The van der Waals surface area contributed by atoms with E-state index < -0.39 is 0 Å². The van der Waals surface area contributed by atoms with Gasteiger partial charge in [-0.05, 0) is 36.9 Å². The summed E-state index contributed by atoms with van der Waals surface area (Å²) in [5.41, 5.74) is 2.30. The van der Waals surface area contributed by atoms with Gasteiger partial charge in [0, 0.05) is 26.1 Å². The molecule has 1 unspecified atom stereocenters. The third kappa shape index (κ3) is 5.20. The molecule has 1 aliphatic rings. The molecule has 1 aromatic carbocycles. The average molecular weight is 369 g/mol. The molecule has 0 spiro atoms. The highest BCUT2D eigenvalue weighted by molar-refractivity contribution is 5.89.